The van der Waals surface area contributed by atoms with E-state index >= 15 is 0 Å². The van der Waals surface area contributed by atoms with Gasteiger partial charge in [0.2, 0.25) is 5.91 Å². The maximum atomic E-state index is 11.9. The summed E-state index contributed by atoms with van der Waals surface area (Å²) in [6.07, 6.45) is 3.64. The first-order valence-electron chi connectivity index (χ1n) is 7.38. The monoisotopic (exact) mass is 294 g/mol. The smallest absolute Gasteiger partial charge is 0.220 e. The predicted molar refractivity (Wildman–Crippen MR) is 83.0 cm³/mol. The summed E-state index contributed by atoms with van der Waals surface area (Å²) >= 11 is 5.96. The van der Waals surface area contributed by atoms with Crippen molar-refractivity contribution in [3.05, 3.63) is 34.9 Å². The van der Waals surface area contributed by atoms with Crippen LogP contribution in [0.3, 0.4) is 0 Å². The van der Waals surface area contributed by atoms with Crippen LogP contribution in [-0.2, 0) is 11.2 Å². The molecule has 2 rings (SSSR count). The van der Waals surface area contributed by atoms with Crippen LogP contribution in [0, 0.1) is 5.92 Å². The minimum absolute atomic E-state index is 0.141. The second-order valence-corrected chi connectivity index (χ2v) is 6.14. The van der Waals surface area contributed by atoms with E-state index in [0.717, 1.165) is 36.5 Å². The zero-order valence-corrected chi connectivity index (χ0v) is 12.7. The SMILES string of the molecule is CC(Cc1cccc(Cl)c1)NC(=O)CCC1CCNC1. The van der Waals surface area contributed by atoms with Crippen molar-refractivity contribution in [2.45, 2.75) is 38.6 Å². The van der Waals surface area contributed by atoms with Crippen LogP contribution >= 0.6 is 11.6 Å². The van der Waals surface area contributed by atoms with Crippen LogP contribution < -0.4 is 10.6 Å². The van der Waals surface area contributed by atoms with Crippen LogP contribution in [0.5, 0.6) is 0 Å². The van der Waals surface area contributed by atoms with Crippen molar-refractivity contribution >= 4 is 17.5 Å². The molecule has 2 unspecified atom stereocenters. The molecule has 1 amide bonds. The van der Waals surface area contributed by atoms with Crippen LogP contribution in [0.15, 0.2) is 24.3 Å². The molecule has 3 nitrogen and oxygen atoms in total. The van der Waals surface area contributed by atoms with Crippen molar-refractivity contribution < 1.29 is 4.79 Å². The molecule has 2 N–H and O–H groups in total. The quantitative estimate of drug-likeness (QED) is 0.847. The molecule has 1 aliphatic rings. The van der Waals surface area contributed by atoms with Gasteiger partial charge in [-0.3, -0.25) is 4.79 Å². The van der Waals surface area contributed by atoms with E-state index < -0.39 is 0 Å². The highest BCUT2D eigenvalue weighted by atomic mass is 35.5. The van der Waals surface area contributed by atoms with Crippen LogP contribution in [0.1, 0.15) is 31.7 Å². The van der Waals surface area contributed by atoms with Gasteiger partial charge in [0, 0.05) is 17.5 Å². The minimum Gasteiger partial charge on any atom is -0.353 e. The Hall–Kier alpha value is -1.06. The number of carbonyl (C=O) groups is 1. The number of carbonyl (C=O) groups excluding carboxylic acids is 1. The van der Waals surface area contributed by atoms with Gasteiger partial charge < -0.3 is 10.6 Å². The first kappa shape index (κ1) is 15.3. The lowest BCUT2D eigenvalue weighted by atomic mass is 10.0. The summed E-state index contributed by atoms with van der Waals surface area (Å²) in [7, 11) is 0. The molecule has 0 spiro atoms. The van der Waals surface area contributed by atoms with Gasteiger partial charge in [0.15, 0.2) is 0 Å². The molecule has 4 heteroatoms. The number of rotatable bonds is 6. The lowest BCUT2D eigenvalue weighted by Gasteiger charge is -2.15. The average molecular weight is 295 g/mol. The van der Waals surface area contributed by atoms with Crippen LogP contribution in [0.4, 0.5) is 0 Å². The van der Waals surface area contributed by atoms with Crippen LogP contribution in [-0.4, -0.2) is 25.0 Å². The standard InChI is InChI=1S/C16H23ClN2O/c1-12(9-14-3-2-4-15(17)10-14)19-16(20)6-5-13-7-8-18-11-13/h2-4,10,12-13,18H,5-9,11H2,1H3,(H,19,20). The molecule has 0 saturated carbocycles. The average Bonchev–Trinajstić information content (AvgIpc) is 2.89. The third-order valence-electron chi connectivity index (χ3n) is 3.78. The number of halogens is 1. The Morgan fingerprint density at radius 2 is 2.40 bits per heavy atom. The maximum Gasteiger partial charge on any atom is 0.220 e. The van der Waals surface area contributed by atoms with Crippen molar-refractivity contribution in [3.63, 3.8) is 0 Å². The van der Waals surface area contributed by atoms with Crippen molar-refractivity contribution in [2.24, 2.45) is 5.92 Å². The van der Waals surface area contributed by atoms with Crippen LogP contribution in [0.2, 0.25) is 5.02 Å². The molecule has 20 heavy (non-hydrogen) atoms. The Labute approximate surface area is 126 Å². The number of benzene rings is 1. The normalized spacial score (nSPS) is 19.8. The molecule has 0 radical (unpaired) electrons. The van der Waals surface area contributed by atoms with Crippen molar-refractivity contribution in [2.75, 3.05) is 13.1 Å². The molecule has 110 valence electrons. The van der Waals surface area contributed by atoms with Gasteiger partial charge in [-0.15, -0.1) is 0 Å². The van der Waals surface area contributed by atoms with E-state index in [4.69, 9.17) is 11.6 Å². The van der Waals surface area contributed by atoms with E-state index in [2.05, 4.69) is 10.6 Å². The number of nitrogens with one attached hydrogen (secondary N) is 2. The zero-order chi connectivity index (χ0) is 14.4. The number of amides is 1. The topological polar surface area (TPSA) is 41.1 Å². The van der Waals surface area contributed by atoms with Crippen molar-refractivity contribution in [3.8, 4) is 0 Å². The summed E-state index contributed by atoms with van der Waals surface area (Å²) in [5, 5.41) is 7.15. The van der Waals surface area contributed by atoms with Gasteiger partial charge >= 0.3 is 0 Å². The van der Waals surface area contributed by atoms with Crippen LogP contribution in [0.25, 0.3) is 0 Å². The van der Waals surface area contributed by atoms with Gasteiger partial charge in [-0.05, 0) is 62.9 Å². The summed E-state index contributed by atoms with van der Waals surface area (Å²) < 4.78 is 0. The molecule has 1 heterocycles. The molecule has 0 bridgehead atoms. The third kappa shape index (κ3) is 5.14. The first-order valence-corrected chi connectivity index (χ1v) is 7.76. The first-order chi connectivity index (χ1) is 9.63. The fraction of sp³-hybridized carbons (Fsp3) is 0.562. The summed E-state index contributed by atoms with van der Waals surface area (Å²) in [4.78, 5) is 11.9. The summed E-state index contributed by atoms with van der Waals surface area (Å²) in [5.41, 5.74) is 1.16. The van der Waals surface area contributed by atoms with Gasteiger partial charge in [0.1, 0.15) is 0 Å². The third-order valence-corrected chi connectivity index (χ3v) is 4.02. The van der Waals surface area contributed by atoms with E-state index in [-0.39, 0.29) is 11.9 Å². The molecule has 1 fully saturated rings. The number of hydrogen-bond donors (Lipinski definition) is 2. The fourth-order valence-electron chi connectivity index (χ4n) is 2.71. The molecule has 0 aliphatic carbocycles. The van der Waals surface area contributed by atoms with E-state index in [9.17, 15) is 4.79 Å². The second kappa shape index (κ2) is 7.65. The Bertz CT molecular complexity index is 444. The highest BCUT2D eigenvalue weighted by molar-refractivity contribution is 6.30. The lowest BCUT2D eigenvalue weighted by molar-refractivity contribution is -0.121. The van der Waals surface area contributed by atoms with Crippen molar-refractivity contribution in [1.29, 1.82) is 0 Å². The van der Waals surface area contributed by atoms with Gasteiger partial charge in [0.25, 0.3) is 0 Å². The lowest BCUT2D eigenvalue weighted by Crippen LogP contribution is -2.34. The predicted octanol–water partition coefficient (Wildman–Crippen LogP) is 2.78. The minimum atomic E-state index is 0.141. The van der Waals surface area contributed by atoms with Gasteiger partial charge in [-0.1, -0.05) is 23.7 Å². The Balaban J connectivity index is 1.70. The molecule has 1 aliphatic heterocycles. The van der Waals surface area contributed by atoms with E-state index in [1.165, 1.54) is 6.42 Å². The maximum absolute atomic E-state index is 11.9. The molecule has 1 saturated heterocycles. The molecule has 2 atom stereocenters. The summed E-state index contributed by atoms with van der Waals surface area (Å²) in [6.45, 7) is 4.19. The zero-order valence-electron chi connectivity index (χ0n) is 12.0. The Morgan fingerprint density at radius 3 is 3.10 bits per heavy atom. The summed E-state index contributed by atoms with van der Waals surface area (Å²) in [5.74, 6) is 0.829. The Kier molecular flexibility index (Phi) is 5.86. The second-order valence-electron chi connectivity index (χ2n) is 5.70. The largest absolute Gasteiger partial charge is 0.353 e. The van der Waals surface area contributed by atoms with Gasteiger partial charge in [-0.2, -0.15) is 0 Å². The number of hydrogen-bond acceptors (Lipinski definition) is 2. The molecule has 0 aromatic heterocycles. The van der Waals surface area contributed by atoms with E-state index in [0.29, 0.717) is 12.3 Å². The van der Waals surface area contributed by atoms with Gasteiger partial charge in [0.05, 0.1) is 0 Å². The Morgan fingerprint density at radius 1 is 1.55 bits per heavy atom. The van der Waals surface area contributed by atoms with E-state index in [1.807, 2.05) is 31.2 Å². The molecule has 1 aromatic rings. The van der Waals surface area contributed by atoms with Gasteiger partial charge in [-0.25, -0.2) is 0 Å². The van der Waals surface area contributed by atoms with E-state index in [1.54, 1.807) is 0 Å². The molecule has 1 aromatic carbocycles. The highest BCUT2D eigenvalue weighted by Gasteiger charge is 2.16. The molecular formula is C16H23ClN2O. The fourth-order valence-corrected chi connectivity index (χ4v) is 2.92. The molecular weight excluding hydrogens is 272 g/mol. The highest BCUT2D eigenvalue weighted by Crippen LogP contribution is 2.15. The summed E-state index contributed by atoms with van der Waals surface area (Å²) in [6, 6.07) is 7.94. The van der Waals surface area contributed by atoms with Crippen molar-refractivity contribution in [1.82, 2.24) is 10.6 Å².